The summed E-state index contributed by atoms with van der Waals surface area (Å²) in [6.07, 6.45) is 3.19. The number of thioether (sulfide) groups is 1. The van der Waals surface area contributed by atoms with Crippen LogP contribution in [0.25, 0.3) is 0 Å². The van der Waals surface area contributed by atoms with Gasteiger partial charge in [0.05, 0.1) is 5.60 Å². The molecule has 0 spiro atoms. The third-order valence-corrected chi connectivity index (χ3v) is 5.95. The first-order chi connectivity index (χ1) is 8.68. The van der Waals surface area contributed by atoms with Crippen LogP contribution in [0.3, 0.4) is 0 Å². The molecule has 1 saturated heterocycles. The number of hydrogen-bond donors (Lipinski definition) is 2. The van der Waals surface area contributed by atoms with Gasteiger partial charge in [0, 0.05) is 22.8 Å². The first-order valence-corrected chi connectivity index (χ1v) is 8.44. The van der Waals surface area contributed by atoms with E-state index in [9.17, 15) is 5.11 Å². The highest BCUT2D eigenvalue weighted by atomic mass is 79.9. The Hall–Kier alpha value is -0.0300. The molecule has 2 aliphatic rings. The maximum atomic E-state index is 10.4. The average molecular weight is 328 g/mol. The lowest BCUT2D eigenvalue weighted by atomic mass is 10.0. The predicted molar refractivity (Wildman–Crippen MR) is 80.1 cm³/mol. The van der Waals surface area contributed by atoms with Gasteiger partial charge >= 0.3 is 0 Å². The first kappa shape index (κ1) is 13.0. The second-order valence-electron chi connectivity index (χ2n) is 5.31. The summed E-state index contributed by atoms with van der Waals surface area (Å²) in [5, 5.41) is 13.9. The molecule has 4 heteroatoms. The Morgan fingerprint density at radius 3 is 3.17 bits per heavy atom. The average Bonchev–Trinajstić information content (AvgIpc) is 2.95. The van der Waals surface area contributed by atoms with Crippen LogP contribution in [0.1, 0.15) is 30.0 Å². The molecule has 0 saturated carbocycles. The monoisotopic (exact) mass is 327 g/mol. The van der Waals surface area contributed by atoms with Crippen molar-refractivity contribution in [3.05, 3.63) is 33.8 Å². The Morgan fingerprint density at radius 1 is 1.50 bits per heavy atom. The van der Waals surface area contributed by atoms with Gasteiger partial charge in [0.15, 0.2) is 0 Å². The summed E-state index contributed by atoms with van der Waals surface area (Å²) in [4.78, 5) is 0. The van der Waals surface area contributed by atoms with E-state index in [0.717, 1.165) is 37.3 Å². The van der Waals surface area contributed by atoms with Gasteiger partial charge in [-0.05, 0) is 42.2 Å². The molecule has 1 aliphatic heterocycles. The molecule has 1 aliphatic carbocycles. The van der Waals surface area contributed by atoms with E-state index >= 15 is 0 Å². The van der Waals surface area contributed by atoms with Crippen LogP contribution >= 0.6 is 27.7 Å². The predicted octanol–water partition coefficient (Wildman–Crippen LogP) is 2.89. The number of hydrogen-bond acceptors (Lipinski definition) is 3. The molecule has 98 valence electrons. The molecule has 0 radical (unpaired) electrons. The summed E-state index contributed by atoms with van der Waals surface area (Å²) in [6.45, 7) is 0.719. The van der Waals surface area contributed by atoms with E-state index in [-0.39, 0.29) is 0 Å². The zero-order chi connectivity index (χ0) is 12.6. The van der Waals surface area contributed by atoms with E-state index in [4.69, 9.17) is 0 Å². The topological polar surface area (TPSA) is 32.3 Å². The summed E-state index contributed by atoms with van der Waals surface area (Å²) >= 11 is 5.48. The van der Waals surface area contributed by atoms with Crippen molar-refractivity contribution in [1.29, 1.82) is 0 Å². The fourth-order valence-corrected chi connectivity index (χ4v) is 4.75. The fourth-order valence-electron chi connectivity index (χ4n) is 2.87. The standard InChI is InChI=1S/C14H18BrNOS/c15-12-3-1-2-11-10(12)4-5-13(11)16-8-14(17)6-7-18-9-14/h1-3,13,16-17H,4-9H2/t13-,14-/m1/s1. The third-order valence-electron chi connectivity index (χ3n) is 3.97. The summed E-state index contributed by atoms with van der Waals surface area (Å²) in [5.41, 5.74) is 2.35. The second kappa shape index (κ2) is 5.16. The van der Waals surface area contributed by atoms with Crippen LogP contribution in [-0.4, -0.2) is 28.8 Å². The Morgan fingerprint density at radius 2 is 2.39 bits per heavy atom. The number of aliphatic hydroxyl groups is 1. The van der Waals surface area contributed by atoms with Crippen molar-refractivity contribution in [3.8, 4) is 0 Å². The Labute approximate surface area is 121 Å². The minimum atomic E-state index is -0.487. The van der Waals surface area contributed by atoms with E-state index in [2.05, 4.69) is 39.4 Å². The van der Waals surface area contributed by atoms with Gasteiger partial charge in [-0.2, -0.15) is 11.8 Å². The number of benzene rings is 1. The highest BCUT2D eigenvalue weighted by Crippen LogP contribution is 2.36. The molecule has 0 bridgehead atoms. The Bertz CT molecular complexity index is 445. The normalized spacial score (nSPS) is 30.7. The highest BCUT2D eigenvalue weighted by molar-refractivity contribution is 9.10. The minimum absolute atomic E-state index is 0.409. The van der Waals surface area contributed by atoms with Gasteiger partial charge in [-0.15, -0.1) is 0 Å². The number of nitrogens with one attached hydrogen (secondary N) is 1. The van der Waals surface area contributed by atoms with Crippen molar-refractivity contribution in [2.75, 3.05) is 18.1 Å². The van der Waals surface area contributed by atoms with Crippen molar-refractivity contribution >= 4 is 27.7 Å². The Balaban J connectivity index is 1.68. The lowest BCUT2D eigenvalue weighted by Crippen LogP contribution is -2.41. The van der Waals surface area contributed by atoms with Gasteiger partial charge in [-0.3, -0.25) is 0 Å². The van der Waals surface area contributed by atoms with Crippen molar-refractivity contribution < 1.29 is 5.11 Å². The van der Waals surface area contributed by atoms with Crippen molar-refractivity contribution in [3.63, 3.8) is 0 Å². The Kier molecular flexibility index (Phi) is 3.72. The smallest absolute Gasteiger partial charge is 0.0869 e. The van der Waals surface area contributed by atoms with Crippen LogP contribution in [0, 0.1) is 0 Å². The van der Waals surface area contributed by atoms with Gasteiger partial charge in [-0.1, -0.05) is 28.1 Å². The molecule has 0 aromatic heterocycles. The van der Waals surface area contributed by atoms with Crippen molar-refractivity contribution in [1.82, 2.24) is 5.32 Å². The molecule has 1 aromatic carbocycles. The number of rotatable bonds is 3. The third kappa shape index (κ3) is 2.48. The molecule has 2 N–H and O–H groups in total. The first-order valence-electron chi connectivity index (χ1n) is 6.49. The molecule has 2 nitrogen and oxygen atoms in total. The van der Waals surface area contributed by atoms with Crippen LogP contribution in [0.4, 0.5) is 0 Å². The van der Waals surface area contributed by atoms with E-state index < -0.39 is 5.60 Å². The molecule has 0 unspecified atom stereocenters. The molecule has 0 amide bonds. The summed E-state index contributed by atoms with van der Waals surface area (Å²) < 4.78 is 1.22. The van der Waals surface area contributed by atoms with E-state index in [0.29, 0.717) is 6.04 Å². The lowest BCUT2D eigenvalue weighted by molar-refractivity contribution is 0.0646. The molecular weight excluding hydrogens is 310 g/mol. The minimum Gasteiger partial charge on any atom is -0.388 e. The van der Waals surface area contributed by atoms with Gasteiger partial charge < -0.3 is 10.4 Å². The summed E-state index contributed by atoms with van der Waals surface area (Å²) in [6, 6.07) is 6.83. The molecule has 1 fully saturated rings. The van der Waals surface area contributed by atoms with Crippen molar-refractivity contribution in [2.24, 2.45) is 0 Å². The molecule has 1 aromatic rings. The zero-order valence-corrected chi connectivity index (χ0v) is 12.7. The van der Waals surface area contributed by atoms with E-state index in [1.807, 2.05) is 11.8 Å². The molecule has 1 heterocycles. The van der Waals surface area contributed by atoms with Crippen LogP contribution in [0.15, 0.2) is 22.7 Å². The van der Waals surface area contributed by atoms with Crippen LogP contribution in [-0.2, 0) is 6.42 Å². The van der Waals surface area contributed by atoms with Gasteiger partial charge in [0.2, 0.25) is 0 Å². The van der Waals surface area contributed by atoms with Gasteiger partial charge in [0.1, 0.15) is 0 Å². The fraction of sp³-hybridized carbons (Fsp3) is 0.571. The SMILES string of the molecule is O[C@@]1(CN[C@@H]2CCc3c(Br)cccc32)CCSC1. The summed E-state index contributed by atoms with van der Waals surface area (Å²) in [5.74, 6) is 1.96. The summed E-state index contributed by atoms with van der Waals surface area (Å²) in [7, 11) is 0. The quantitative estimate of drug-likeness (QED) is 0.895. The van der Waals surface area contributed by atoms with Gasteiger partial charge in [0.25, 0.3) is 0 Å². The number of halogens is 1. The maximum Gasteiger partial charge on any atom is 0.0869 e. The van der Waals surface area contributed by atoms with Crippen molar-refractivity contribution in [2.45, 2.75) is 30.9 Å². The van der Waals surface area contributed by atoms with Crippen LogP contribution in [0.2, 0.25) is 0 Å². The molecule has 18 heavy (non-hydrogen) atoms. The molecule has 2 atom stereocenters. The number of fused-ring (bicyclic) bond motifs is 1. The lowest BCUT2D eigenvalue weighted by Gasteiger charge is -2.24. The van der Waals surface area contributed by atoms with Crippen LogP contribution < -0.4 is 5.32 Å². The highest BCUT2D eigenvalue weighted by Gasteiger charge is 2.33. The zero-order valence-electron chi connectivity index (χ0n) is 10.3. The second-order valence-corrected chi connectivity index (χ2v) is 7.27. The maximum absolute atomic E-state index is 10.4. The van der Waals surface area contributed by atoms with Gasteiger partial charge in [-0.25, -0.2) is 0 Å². The largest absolute Gasteiger partial charge is 0.388 e. The van der Waals surface area contributed by atoms with E-state index in [1.165, 1.54) is 15.6 Å². The van der Waals surface area contributed by atoms with Crippen LogP contribution in [0.5, 0.6) is 0 Å². The molecular formula is C14H18BrNOS. The molecule has 3 rings (SSSR count). The van der Waals surface area contributed by atoms with E-state index in [1.54, 1.807) is 0 Å².